The second-order valence-corrected chi connectivity index (χ2v) is 4.81. The molecule has 0 aliphatic carbocycles. The maximum absolute atomic E-state index is 12.1. The lowest BCUT2D eigenvalue weighted by Gasteiger charge is -2.21. The van der Waals surface area contributed by atoms with Gasteiger partial charge in [0.2, 0.25) is 5.91 Å². The molecule has 0 spiro atoms. The quantitative estimate of drug-likeness (QED) is 0.837. The summed E-state index contributed by atoms with van der Waals surface area (Å²) in [5, 5.41) is 9.25. The van der Waals surface area contributed by atoms with Gasteiger partial charge in [0.05, 0.1) is 19.3 Å². The Morgan fingerprint density at radius 1 is 1.50 bits per heavy atom. The number of hydrogen-bond acceptors (Lipinski definition) is 3. The third kappa shape index (κ3) is 3.39. The van der Waals surface area contributed by atoms with Crippen LogP contribution in [0.4, 0.5) is 0 Å². The summed E-state index contributed by atoms with van der Waals surface area (Å²) < 4.78 is 5.52. The molecule has 108 valence electrons. The Morgan fingerprint density at radius 3 is 3.05 bits per heavy atom. The van der Waals surface area contributed by atoms with Gasteiger partial charge in [0, 0.05) is 18.2 Å². The molecule has 20 heavy (non-hydrogen) atoms. The molecule has 0 saturated carbocycles. The SMILES string of the molecule is CCOc1ccccc1C=CC(=O)N1CCCC1CO. The molecule has 1 atom stereocenters. The minimum absolute atomic E-state index is 0.0331. The molecule has 0 bridgehead atoms. The van der Waals surface area contributed by atoms with Crippen molar-refractivity contribution in [3.05, 3.63) is 35.9 Å². The van der Waals surface area contributed by atoms with Crippen LogP contribution >= 0.6 is 0 Å². The highest BCUT2D eigenvalue weighted by Gasteiger charge is 2.26. The van der Waals surface area contributed by atoms with E-state index in [1.54, 1.807) is 17.1 Å². The molecule has 1 heterocycles. The number of benzene rings is 1. The zero-order valence-corrected chi connectivity index (χ0v) is 11.8. The zero-order chi connectivity index (χ0) is 14.4. The zero-order valence-electron chi connectivity index (χ0n) is 11.8. The highest BCUT2D eigenvalue weighted by atomic mass is 16.5. The summed E-state index contributed by atoms with van der Waals surface area (Å²) in [6.07, 6.45) is 5.18. The Hall–Kier alpha value is -1.81. The molecule has 1 aliphatic rings. The van der Waals surface area contributed by atoms with E-state index < -0.39 is 0 Å². The molecule has 1 fully saturated rings. The fourth-order valence-corrected chi connectivity index (χ4v) is 2.48. The van der Waals surface area contributed by atoms with Gasteiger partial charge in [-0.25, -0.2) is 0 Å². The Morgan fingerprint density at radius 2 is 2.30 bits per heavy atom. The third-order valence-electron chi connectivity index (χ3n) is 3.50. The monoisotopic (exact) mass is 275 g/mol. The fraction of sp³-hybridized carbons (Fsp3) is 0.438. The molecule has 4 heteroatoms. The van der Waals surface area contributed by atoms with E-state index in [2.05, 4.69) is 0 Å². The van der Waals surface area contributed by atoms with Gasteiger partial charge in [0.15, 0.2) is 0 Å². The van der Waals surface area contributed by atoms with E-state index in [1.165, 1.54) is 0 Å². The topological polar surface area (TPSA) is 49.8 Å². The van der Waals surface area contributed by atoms with Crippen molar-refractivity contribution in [2.45, 2.75) is 25.8 Å². The molecule has 1 amide bonds. The van der Waals surface area contributed by atoms with Gasteiger partial charge in [-0.05, 0) is 31.9 Å². The number of carbonyl (C=O) groups is 1. The number of ether oxygens (including phenoxy) is 1. The van der Waals surface area contributed by atoms with Crippen LogP contribution in [0.25, 0.3) is 6.08 Å². The lowest BCUT2D eigenvalue weighted by molar-refractivity contribution is -0.127. The fourth-order valence-electron chi connectivity index (χ4n) is 2.48. The molecule has 2 rings (SSSR count). The van der Waals surface area contributed by atoms with Crippen molar-refractivity contribution in [3.63, 3.8) is 0 Å². The summed E-state index contributed by atoms with van der Waals surface area (Å²) in [6.45, 7) is 3.29. The smallest absolute Gasteiger partial charge is 0.246 e. The van der Waals surface area contributed by atoms with Crippen molar-refractivity contribution in [1.82, 2.24) is 4.90 Å². The van der Waals surface area contributed by atoms with Gasteiger partial charge in [-0.3, -0.25) is 4.79 Å². The molecule has 0 aromatic heterocycles. The Labute approximate surface area is 119 Å². The summed E-state index contributed by atoms with van der Waals surface area (Å²) in [5.74, 6) is 0.729. The average molecular weight is 275 g/mol. The van der Waals surface area contributed by atoms with Gasteiger partial charge in [-0.1, -0.05) is 18.2 Å². The molecular formula is C16H21NO3. The van der Waals surface area contributed by atoms with Crippen LogP contribution in [0.3, 0.4) is 0 Å². The van der Waals surface area contributed by atoms with Crippen LogP contribution in [0.5, 0.6) is 5.75 Å². The van der Waals surface area contributed by atoms with Gasteiger partial charge in [-0.15, -0.1) is 0 Å². The van der Waals surface area contributed by atoms with Crippen LogP contribution in [-0.4, -0.2) is 41.7 Å². The maximum Gasteiger partial charge on any atom is 0.246 e. The molecule has 1 aromatic carbocycles. The first-order valence-corrected chi connectivity index (χ1v) is 7.07. The average Bonchev–Trinajstić information content (AvgIpc) is 2.95. The number of hydrogen-bond donors (Lipinski definition) is 1. The summed E-state index contributed by atoms with van der Waals surface area (Å²) in [7, 11) is 0. The van der Waals surface area contributed by atoms with Gasteiger partial charge >= 0.3 is 0 Å². The van der Waals surface area contributed by atoms with E-state index >= 15 is 0 Å². The first kappa shape index (κ1) is 14.6. The van der Waals surface area contributed by atoms with Crippen LogP contribution in [0.1, 0.15) is 25.3 Å². The van der Waals surface area contributed by atoms with Crippen molar-refractivity contribution in [1.29, 1.82) is 0 Å². The van der Waals surface area contributed by atoms with Gasteiger partial charge < -0.3 is 14.7 Å². The predicted octanol–water partition coefficient (Wildman–Crippen LogP) is 2.08. The molecule has 1 aromatic rings. The van der Waals surface area contributed by atoms with E-state index in [-0.39, 0.29) is 18.6 Å². The van der Waals surface area contributed by atoms with Crippen molar-refractivity contribution in [2.75, 3.05) is 19.8 Å². The number of aliphatic hydroxyl groups is 1. The number of carbonyl (C=O) groups excluding carboxylic acids is 1. The lowest BCUT2D eigenvalue weighted by Crippen LogP contribution is -2.36. The van der Waals surface area contributed by atoms with Crippen LogP contribution < -0.4 is 4.74 Å². The number of amides is 1. The standard InChI is InChI=1S/C16H21NO3/c1-2-20-15-8-4-3-6-13(15)9-10-16(19)17-11-5-7-14(17)12-18/h3-4,6,8-10,14,18H,2,5,7,11-12H2,1H3. The normalized spacial score (nSPS) is 18.7. The van der Waals surface area contributed by atoms with E-state index in [0.29, 0.717) is 6.61 Å². The van der Waals surface area contributed by atoms with Crippen LogP contribution in [0, 0.1) is 0 Å². The number of para-hydroxylation sites is 1. The molecular weight excluding hydrogens is 254 g/mol. The molecule has 1 N–H and O–H groups in total. The number of rotatable bonds is 5. The first-order valence-electron chi connectivity index (χ1n) is 7.07. The third-order valence-corrected chi connectivity index (χ3v) is 3.50. The highest BCUT2D eigenvalue weighted by molar-refractivity contribution is 5.92. The molecule has 0 radical (unpaired) electrons. The second-order valence-electron chi connectivity index (χ2n) is 4.81. The van der Waals surface area contributed by atoms with E-state index in [0.717, 1.165) is 30.7 Å². The van der Waals surface area contributed by atoms with Gasteiger partial charge in [0.25, 0.3) is 0 Å². The highest BCUT2D eigenvalue weighted by Crippen LogP contribution is 2.21. The molecule has 1 saturated heterocycles. The molecule has 1 unspecified atom stereocenters. The van der Waals surface area contributed by atoms with E-state index in [9.17, 15) is 9.90 Å². The van der Waals surface area contributed by atoms with E-state index in [1.807, 2.05) is 31.2 Å². The van der Waals surface area contributed by atoms with E-state index in [4.69, 9.17) is 4.74 Å². The number of nitrogens with zero attached hydrogens (tertiary/aromatic N) is 1. The van der Waals surface area contributed by atoms with Gasteiger partial charge in [-0.2, -0.15) is 0 Å². The largest absolute Gasteiger partial charge is 0.493 e. The summed E-state index contributed by atoms with van der Waals surface area (Å²) in [4.78, 5) is 13.9. The Balaban J connectivity index is 2.07. The van der Waals surface area contributed by atoms with Gasteiger partial charge in [0.1, 0.15) is 5.75 Å². The van der Waals surface area contributed by atoms with Crippen LogP contribution in [0.15, 0.2) is 30.3 Å². The van der Waals surface area contributed by atoms with Crippen molar-refractivity contribution in [3.8, 4) is 5.75 Å². The molecule has 1 aliphatic heterocycles. The number of likely N-dealkylation sites (tertiary alicyclic amines) is 1. The minimum Gasteiger partial charge on any atom is -0.493 e. The van der Waals surface area contributed by atoms with Crippen LogP contribution in [0.2, 0.25) is 0 Å². The second kappa shape index (κ2) is 7.10. The van der Waals surface area contributed by atoms with Crippen molar-refractivity contribution < 1.29 is 14.6 Å². The number of aliphatic hydroxyl groups excluding tert-OH is 1. The molecule has 4 nitrogen and oxygen atoms in total. The maximum atomic E-state index is 12.1. The van der Waals surface area contributed by atoms with Crippen molar-refractivity contribution in [2.24, 2.45) is 0 Å². The Bertz CT molecular complexity index is 484. The predicted molar refractivity (Wildman–Crippen MR) is 78.5 cm³/mol. The lowest BCUT2D eigenvalue weighted by atomic mass is 10.2. The summed E-state index contributed by atoms with van der Waals surface area (Å²) in [6, 6.07) is 7.60. The summed E-state index contributed by atoms with van der Waals surface area (Å²) in [5.41, 5.74) is 0.891. The van der Waals surface area contributed by atoms with Crippen LogP contribution in [-0.2, 0) is 4.79 Å². The summed E-state index contributed by atoms with van der Waals surface area (Å²) >= 11 is 0. The Kier molecular flexibility index (Phi) is 5.18. The minimum atomic E-state index is -0.0483. The first-order chi connectivity index (χ1) is 9.76. The van der Waals surface area contributed by atoms with Crippen molar-refractivity contribution >= 4 is 12.0 Å².